The number of nitrogens with zero attached hydrogens (tertiary/aromatic N) is 1. The van der Waals surface area contributed by atoms with E-state index in [4.69, 9.17) is 0 Å². The maximum Gasteiger partial charge on any atom is 0.315 e. The molecule has 112 valence electrons. The topological polar surface area (TPSA) is 54.0 Å². The van der Waals surface area contributed by atoms with Crippen LogP contribution in [-0.4, -0.2) is 17.1 Å². The Morgan fingerprint density at radius 3 is 2.75 bits per heavy atom. The summed E-state index contributed by atoms with van der Waals surface area (Å²) in [5.41, 5.74) is 1.02. The van der Waals surface area contributed by atoms with E-state index in [0.717, 1.165) is 34.3 Å². The van der Waals surface area contributed by atoms with Crippen molar-refractivity contribution >= 4 is 17.4 Å². The van der Waals surface area contributed by atoms with Crippen LogP contribution in [-0.2, 0) is 0 Å². The number of hydrogen-bond acceptors (Lipinski definition) is 3. The molecular weight excluding hydrogens is 270 g/mol. The van der Waals surface area contributed by atoms with Crippen molar-refractivity contribution in [2.24, 2.45) is 5.92 Å². The third-order valence-corrected chi connectivity index (χ3v) is 5.21. The van der Waals surface area contributed by atoms with E-state index >= 15 is 0 Å². The van der Waals surface area contributed by atoms with Gasteiger partial charge >= 0.3 is 6.03 Å². The van der Waals surface area contributed by atoms with E-state index < -0.39 is 0 Å². The van der Waals surface area contributed by atoms with Crippen molar-refractivity contribution in [2.45, 2.75) is 65.5 Å². The summed E-state index contributed by atoms with van der Waals surface area (Å²) in [5.74, 6) is 0.720. The molecule has 1 aromatic rings. The first-order valence-electron chi connectivity index (χ1n) is 7.46. The number of aryl methyl sites for hydroxylation is 2. The molecule has 0 aliphatic heterocycles. The highest BCUT2D eigenvalue weighted by atomic mass is 32.1. The second-order valence-corrected chi connectivity index (χ2v) is 7.23. The Balaban J connectivity index is 1.86. The fourth-order valence-electron chi connectivity index (χ4n) is 3.00. The van der Waals surface area contributed by atoms with E-state index in [0.29, 0.717) is 6.04 Å². The first kappa shape index (κ1) is 15.3. The minimum Gasteiger partial charge on any atom is -0.335 e. The molecule has 0 spiro atoms. The smallest absolute Gasteiger partial charge is 0.315 e. The quantitative estimate of drug-likeness (QED) is 0.893. The molecule has 0 radical (unpaired) electrons. The number of carbonyl (C=O) groups excluding carboxylic acids is 1. The Kier molecular flexibility index (Phi) is 5.02. The molecule has 1 saturated carbocycles. The van der Waals surface area contributed by atoms with Gasteiger partial charge in [-0.15, -0.1) is 11.3 Å². The molecule has 20 heavy (non-hydrogen) atoms. The summed E-state index contributed by atoms with van der Waals surface area (Å²) in [6, 6.07) is 0.291. The van der Waals surface area contributed by atoms with E-state index in [1.807, 2.05) is 20.8 Å². The van der Waals surface area contributed by atoms with E-state index in [2.05, 4.69) is 22.5 Å². The minimum atomic E-state index is -0.0537. The van der Waals surface area contributed by atoms with Gasteiger partial charge in [-0.3, -0.25) is 0 Å². The van der Waals surface area contributed by atoms with Crippen molar-refractivity contribution in [3.8, 4) is 0 Å². The summed E-state index contributed by atoms with van der Waals surface area (Å²) >= 11 is 1.66. The fourth-order valence-corrected chi connectivity index (χ4v) is 3.93. The molecule has 2 N–H and O–H groups in total. The molecule has 1 aliphatic carbocycles. The molecule has 3 atom stereocenters. The molecule has 3 unspecified atom stereocenters. The average molecular weight is 295 g/mol. The lowest BCUT2D eigenvalue weighted by molar-refractivity contribution is 0.225. The highest BCUT2D eigenvalue weighted by molar-refractivity contribution is 7.11. The Morgan fingerprint density at radius 1 is 1.40 bits per heavy atom. The van der Waals surface area contributed by atoms with E-state index in [1.165, 1.54) is 12.8 Å². The molecule has 0 aromatic carbocycles. The van der Waals surface area contributed by atoms with Crippen LogP contribution in [0.3, 0.4) is 0 Å². The molecule has 2 amide bonds. The largest absolute Gasteiger partial charge is 0.335 e. The Hall–Kier alpha value is -1.10. The van der Waals surface area contributed by atoms with Crippen LogP contribution in [0.15, 0.2) is 0 Å². The van der Waals surface area contributed by atoms with Crippen LogP contribution in [0, 0.1) is 19.8 Å². The Bertz CT molecular complexity index is 472. The van der Waals surface area contributed by atoms with Crippen LogP contribution < -0.4 is 10.6 Å². The standard InChI is InChI=1S/C15H25N3OS/c1-9-6-5-7-13(8-9)18-15(19)17-11(3)14-10(2)16-12(4)20-14/h9,11,13H,5-8H2,1-4H3,(H2,17,18,19). The van der Waals surface area contributed by atoms with Gasteiger partial charge < -0.3 is 10.6 Å². The van der Waals surface area contributed by atoms with Crippen molar-refractivity contribution in [3.05, 3.63) is 15.6 Å². The monoisotopic (exact) mass is 295 g/mol. The molecule has 4 nitrogen and oxygen atoms in total. The maximum absolute atomic E-state index is 12.1. The van der Waals surface area contributed by atoms with Crippen LogP contribution in [0.4, 0.5) is 4.79 Å². The zero-order chi connectivity index (χ0) is 14.7. The summed E-state index contributed by atoms with van der Waals surface area (Å²) in [6.45, 7) is 8.27. The molecule has 1 fully saturated rings. The summed E-state index contributed by atoms with van der Waals surface area (Å²) in [4.78, 5) is 17.6. The third-order valence-electron chi connectivity index (χ3n) is 3.95. The van der Waals surface area contributed by atoms with Gasteiger partial charge in [-0.2, -0.15) is 0 Å². The van der Waals surface area contributed by atoms with E-state index in [-0.39, 0.29) is 12.1 Å². The molecule has 1 aromatic heterocycles. The first-order chi connectivity index (χ1) is 9.45. The number of rotatable bonds is 3. The number of urea groups is 1. The van der Waals surface area contributed by atoms with Gasteiger partial charge in [-0.25, -0.2) is 9.78 Å². The summed E-state index contributed by atoms with van der Waals surface area (Å²) in [7, 11) is 0. The number of nitrogens with one attached hydrogen (secondary N) is 2. The van der Waals surface area contributed by atoms with Crippen LogP contribution in [0.1, 0.15) is 61.2 Å². The van der Waals surface area contributed by atoms with Crippen LogP contribution in [0.5, 0.6) is 0 Å². The fraction of sp³-hybridized carbons (Fsp3) is 0.733. The number of amides is 2. The average Bonchev–Trinajstić information content (AvgIpc) is 2.68. The summed E-state index contributed by atoms with van der Waals surface area (Å²) in [6.07, 6.45) is 4.70. The van der Waals surface area contributed by atoms with Crippen LogP contribution >= 0.6 is 11.3 Å². The first-order valence-corrected chi connectivity index (χ1v) is 8.28. The molecular formula is C15H25N3OS. The molecule has 1 aliphatic rings. The second-order valence-electron chi connectivity index (χ2n) is 5.99. The van der Waals surface area contributed by atoms with Gasteiger partial charge in [0.15, 0.2) is 0 Å². The van der Waals surface area contributed by atoms with Crippen molar-refractivity contribution in [2.75, 3.05) is 0 Å². The zero-order valence-corrected chi connectivity index (χ0v) is 13.6. The van der Waals surface area contributed by atoms with Crippen molar-refractivity contribution < 1.29 is 4.79 Å². The molecule has 0 saturated heterocycles. The molecule has 0 bridgehead atoms. The lowest BCUT2D eigenvalue weighted by Crippen LogP contribution is -2.44. The summed E-state index contributed by atoms with van der Waals surface area (Å²) in [5, 5.41) is 7.19. The van der Waals surface area contributed by atoms with E-state index in [1.54, 1.807) is 11.3 Å². The summed E-state index contributed by atoms with van der Waals surface area (Å²) < 4.78 is 0. The predicted octanol–water partition coefficient (Wildman–Crippen LogP) is 3.70. The van der Waals surface area contributed by atoms with Gasteiger partial charge in [0.25, 0.3) is 0 Å². The van der Waals surface area contributed by atoms with Crippen molar-refractivity contribution in [1.82, 2.24) is 15.6 Å². The Labute approximate surface area is 125 Å². The van der Waals surface area contributed by atoms with Gasteiger partial charge in [0.2, 0.25) is 0 Å². The highest BCUT2D eigenvalue weighted by Crippen LogP contribution is 2.25. The van der Waals surface area contributed by atoms with Crippen LogP contribution in [0.2, 0.25) is 0 Å². The molecule has 1 heterocycles. The normalized spacial score (nSPS) is 24.2. The van der Waals surface area contributed by atoms with Gasteiger partial charge in [0.05, 0.1) is 16.7 Å². The van der Waals surface area contributed by atoms with Gasteiger partial charge in [0.1, 0.15) is 0 Å². The molecule has 5 heteroatoms. The predicted molar refractivity (Wildman–Crippen MR) is 83.1 cm³/mol. The highest BCUT2D eigenvalue weighted by Gasteiger charge is 2.21. The zero-order valence-electron chi connectivity index (χ0n) is 12.8. The molecule has 2 rings (SSSR count). The third kappa shape index (κ3) is 3.95. The number of aromatic nitrogens is 1. The lowest BCUT2D eigenvalue weighted by Gasteiger charge is -2.28. The SMILES string of the molecule is Cc1nc(C)c(C(C)NC(=O)NC2CCCC(C)C2)s1. The van der Waals surface area contributed by atoms with Gasteiger partial charge in [-0.05, 0) is 39.5 Å². The van der Waals surface area contributed by atoms with E-state index in [9.17, 15) is 4.79 Å². The number of thiazole rings is 1. The maximum atomic E-state index is 12.1. The van der Waals surface area contributed by atoms with Crippen molar-refractivity contribution in [3.63, 3.8) is 0 Å². The Morgan fingerprint density at radius 2 is 2.15 bits per heavy atom. The lowest BCUT2D eigenvalue weighted by atomic mass is 9.87. The number of hydrogen-bond donors (Lipinski definition) is 2. The van der Waals surface area contributed by atoms with Crippen LogP contribution in [0.25, 0.3) is 0 Å². The second kappa shape index (κ2) is 6.57. The van der Waals surface area contributed by atoms with Gasteiger partial charge in [0, 0.05) is 10.9 Å². The minimum absolute atomic E-state index is 0.0159. The van der Waals surface area contributed by atoms with Crippen molar-refractivity contribution in [1.29, 1.82) is 0 Å². The number of carbonyl (C=O) groups is 1. The van der Waals surface area contributed by atoms with Gasteiger partial charge in [-0.1, -0.05) is 19.8 Å².